The minimum Gasteiger partial charge on any atom is -0.508 e. The molecule has 0 fully saturated rings. The maximum Gasteiger partial charge on any atom is 0.244 e. The topological polar surface area (TPSA) is 375 Å². The summed E-state index contributed by atoms with van der Waals surface area (Å²) in [6, 6.07) is 8.64. The van der Waals surface area contributed by atoms with E-state index < -0.39 is 108 Å². The molecule has 0 saturated heterocycles. The van der Waals surface area contributed by atoms with E-state index in [1.165, 1.54) is 43.3 Å². The normalized spacial score (nSPS) is 14.9. The van der Waals surface area contributed by atoms with Gasteiger partial charge in [-0.2, -0.15) is 25.3 Å². The number of para-hydroxylation sites is 1. The smallest absolute Gasteiger partial charge is 0.244 e. The number of H-pyrrole nitrogens is 1. The molecule has 0 radical (unpaired) electrons. The van der Waals surface area contributed by atoms with Crippen LogP contribution in [0.25, 0.3) is 10.9 Å². The number of primary amides is 1. The lowest BCUT2D eigenvalue weighted by Crippen LogP contribution is -2.62. The SMILES string of the molecule is CC(C)[C@H](NC(=O)[C@H](CCCCN)NC(=O)[C@@H](Cc1c[nH]c2ccccc12)NC(=O)[C@H](Cc1ccc(O)cc1)NC(=O)[C@H](CS)NC(=O)[C@H](N)Cc1ccc(O)cc1)C(=O)N[C@@H](CS)C(=O)N[C@H](C(N)=O)[C@@H](C)O. The minimum atomic E-state index is -1.46. The molecule has 0 aliphatic carbocycles. The van der Waals surface area contributed by atoms with Crippen molar-refractivity contribution in [1.82, 2.24) is 42.2 Å². The molecular weight excluding hydrogens is 995 g/mol. The van der Waals surface area contributed by atoms with Crippen molar-refractivity contribution in [2.45, 2.75) is 114 Å². The molecule has 4 rings (SSSR count). The molecule has 24 heteroatoms. The summed E-state index contributed by atoms with van der Waals surface area (Å²) >= 11 is 8.47. The average Bonchev–Trinajstić information content (AvgIpc) is 3.77. The Kier molecular flexibility index (Phi) is 23.5. The quantitative estimate of drug-likeness (QED) is 0.0226. The second kappa shape index (κ2) is 29.1. The van der Waals surface area contributed by atoms with Crippen molar-refractivity contribution in [2.75, 3.05) is 18.1 Å². The molecule has 22 nitrogen and oxygen atoms in total. The molecule has 0 aliphatic rings. The number of carbonyl (C=O) groups is 8. The molecule has 3 aromatic carbocycles. The largest absolute Gasteiger partial charge is 0.508 e. The van der Waals surface area contributed by atoms with Crippen molar-refractivity contribution in [1.29, 1.82) is 0 Å². The number of thiol groups is 2. The summed E-state index contributed by atoms with van der Waals surface area (Å²) in [4.78, 5) is 113. The van der Waals surface area contributed by atoms with Gasteiger partial charge in [-0.25, -0.2) is 0 Å². The number of aromatic hydroxyl groups is 2. The van der Waals surface area contributed by atoms with Crippen molar-refractivity contribution in [2.24, 2.45) is 23.1 Å². The van der Waals surface area contributed by atoms with Crippen LogP contribution in [0.4, 0.5) is 0 Å². The highest BCUT2D eigenvalue weighted by Gasteiger charge is 2.36. The molecule has 17 N–H and O–H groups in total. The zero-order valence-electron chi connectivity index (χ0n) is 41.4. The average molecular weight is 1060 g/mol. The Balaban J connectivity index is 1.62. The number of carbonyl (C=O) groups excluding carboxylic acids is 8. The van der Waals surface area contributed by atoms with Crippen LogP contribution in [-0.2, 0) is 57.6 Å². The number of phenolic OH excluding ortho intramolecular Hbond substituents is 2. The number of phenols is 2. The number of aromatic nitrogens is 1. The number of amides is 8. The summed E-state index contributed by atoms with van der Waals surface area (Å²) in [6.45, 7) is 4.79. The number of benzene rings is 3. The third kappa shape index (κ3) is 18.0. The number of aliphatic hydroxyl groups excluding tert-OH is 1. The fourth-order valence-electron chi connectivity index (χ4n) is 7.76. The van der Waals surface area contributed by atoms with Crippen molar-refractivity contribution < 1.29 is 53.7 Å². The first-order chi connectivity index (χ1) is 35.1. The number of hydrogen-bond acceptors (Lipinski definition) is 15. The van der Waals surface area contributed by atoms with Gasteiger partial charge >= 0.3 is 0 Å². The molecule has 0 bridgehead atoms. The zero-order valence-corrected chi connectivity index (χ0v) is 43.2. The van der Waals surface area contributed by atoms with Crippen molar-refractivity contribution in [3.8, 4) is 11.5 Å². The number of nitrogens with one attached hydrogen (secondary N) is 8. The Morgan fingerprint density at radius 2 is 1.03 bits per heavy atom. The first-order valence-corrected chi connectivity index (χ1v) is 25.3. The number of aliphatic hydroxyl groups is 1. The summed E-state index contributed by atoms with van der Waals surface area (Å²) in [6.07, 6.45) is 0.970. The van der Waals surface area contributed by atoms with Gasteiger partial charge in [-0.05, 0) is 92.1 Å². The molecule has 1 heterocycles. The van der Waals surface area contributed by atoms with Gasteiger partial charge in [0, 0.05) is 41.4 Å². The van der Waals surface area contributed by atoms with E-state index >= 15 is 0 Å². The van der Waals surface area contributed by atoms with E-state index in [0.717, 1.165) is 10.9 Å². The third-order valence-corrected chi connectivity index (χ3v) is 12.7. The van der Waals surface area contributed by atoms with Gasteiger partial charge in [0.2, 0.25) is 47.3 Å². The predicted octanol–water partition coefficient (Wildman–Crippen LogP) is -1.16. The van der Waals surface area contributed by atoms with Crippen LogP contribution in [0, 0.1) is 5.92 Å². The maximum absolute atomic E-state index is 14.7. The molecule has 74 heavy (non-hydrogen) atoms. The molecule has 4 aromatic rings. The highest BCUT2D eigenvalue weighted by atomic mass is 32.1. The van der Waals surface area contributed by atoms with Crippen LogP contribution >= 0.6 is 25.3 Å². The van der Waals surface area contributed by atoms with Crippen LogP contribution in [0.15, 0.2) is 79.0 Å². The highest BCUT2D eigenvalue weighted by Crippen LogP contribution is 2.20. The Morgan fingerprint density at radius 1 is 0.568 bits per heavy atom. The van der Waals surface area contributed by atoms with E-state index in [4.69, 9.17) is 17.2 Å². The van der Waals surface area contributed by atoms with Crippen molar-refractivity contribution in [3.05, 3.63) is 95.7 Å². The first kappa shape index (κ1) is 59.7. The van der Waals surface area contributed by atoms with Gasteiger partial charge in [0.25, 0.3) is 0 Å². The lowest BCUT2D eigenvalue weighted by molar-refractivity contribution is -0.136. The van der Waals surface area contributed by atoms with E-state index in [1.54, 1.807) is 38.2 Å². The zero-order chi connectivity index (χ0) is 54.6. The molecule has 0 unspecified atom stereocenters. The number of unbranched alkanes of at least 4 members (excludes halogenated alkanes) is 1. The second-order valence-corrected chi connectivity index (χ2v) is 19.0. The van der Waals surface area contributed by atoms with Gasteiger partial charge in [0.05, 0.1) is 12.1 Å². The molecule has 1 aromatic heterocycles. The predicted molar refractivity (Wildman–Crippen MR) is 283 cm³/mol. The number of hydrogen-bond donors (Lipinski definition) is 16. The van der Waals surface area contributed by atoms with E-state index in [9.17, 15) is 53.7 Å². The van der Waals surface area contributed by atoms with Gasteiger partial charge in [-0.15, -0.1) is 0 Å². The molecular formula is C50H69N11O11S2. The molecule has 402 valence electrons. The van der Waals surface area contributed by atoms with Crippen LogP contribution in [0.3, 0.4) is 0 Å². The Labute approximate surface area is 439 Å². The Morgan fingerprint density at radius 3 is 1.55 bits per heavy atom. The van der Waals surface area contributed by atoms with Crippen LogP contribution in [-0.4, -0.2) is 140 Å². The van der Waals surface area contributed by atoms with Gasteiger partial charge in [-0.3, -0.25) is 38.4 Å². The van der Waals surface area contributed by atoms with Gasteiger partial charge in [0.1, 0.15) is 53.8 Å². The van der Waals surface area contributed by atoms with E-state index in [-0.39, 0.29) is 55.2 Å². The maximum atomic E-state index is 14.7. The Bertz CT molecular complexity index is 2550. The molecule has 0 spiro atoms. The molecule has 0 aliphatic heterocycles. The number of fused-ring (bicyclic) bond motifs is 1. The van der Waals surface area contributed by atoms with Gasteiger partial charge in [0.15, 0.2) is 0 Å². The number of rotatable bonds is 29. The van der Waals surface area contributed by atoms with Gasteiger partial charge in [-0.1, -0.05) is 56.3 Å². The van der Waals surface area contributed by atoms with Crippen LogP contribution in [0.5, 0.6) is 11.5 Å². The lowest BCUT2D eigenvalue weighted by atomic mass is 10.00. The van der Waals surface area contributed by atoms with Crippen molar-refractivity contribution >= 4 is 83.4 Å². The highest BCUT2D eigenvalue weighted by molar-refractivity contribution is 7.80. The van der Waals surface area contributed by atoms with Crippen molar-refractivity contribution in [3.63, 3.8) is 0 Å². The fraction of sp³-hybridized carbons (Fsp3) is 0.440. The lowest BCUT2D eigenvalue weighted by Gasteiger charge is -2.29. The standard InChI is InChI=1S/C50H69N11O11S2/c1-26(2)41(50(72)59-40(25-74)49(71)61-42(27(3)62)43(53)65)60-45(67)36(10-6-7-19-51)55-47(69)38(22-30-23-54-35-9-5-4-8-33(30)35)57-46(68)37(21-29-13-17-32(64)18-14-29)56-48(70)39(24-73)58-44(66)34(52)20-28-11-15-31(63)16-12-28/h4-5,8-9,11-18,23,26-27,34,36-42,54,62-64,73-74H,6-7,10,19-22,24-25,51-52H2,1-3H3,(H2,53,65)(H,55,69)(H,56,70)(H,57,68)(H,58,66)(H,59,72)(H,60,67)(H,61,71)/t27-,34-,36+,37+,38-,39+,40+,41+,42+/m1/s1. The number of aromatic amines is 1. The van der Waals surface area contributed by atoms with Gasteiger partial charge < -0.3 is 74.7 Å². The first-order valence-electron chi connectivity index (χ1n) is 24.0. The number of nitrogens with two attached hydrogens (primary N) is 3. The monoisotopic (exact) mass is 1060 g/mol. The molecule has 0 saturated carbocycles. The van der Waals surface area contributed by atoms with Crippen LogP contribution in [0.2, 0.25) is 0 Å². The third-order valence-electron chi connectivity index (χ3n) is 12.0. The summed E-state index contributed by atoms with van der Waals surface area (Å²) < 4.78 is 0. The summed E-state index contributed by atoms with van der Waals surface area (Å²) in [5.74, 6) is -7.66. The summed E-state index contributed by atoms with van der Waals surface area (Å²) in [7, 11) is 0. The minimum absolute atomic E-state index is 0.0305. The van der Waals surface area contributed by atoms with E-state index in [0.29, 0.717) is 29.5 Å². The summed E-state index contributed by atoms with van der Waals surface area (Å²) in [5, 5.41) is 48.6. The molecule has 8 amide bonds. The fourth-order valence-corrected chi connectivity index (χ4v) is 8.28. The summed E-state index contributed by atoms with van der Waals surface area (Å²) in [5.41, 5.74) is 19.8. The van der Waals surface area contributed by atoms with E-state index in [1.807, 2.05) is 18.2 Å². The van der Waals surface area contributed by atoms with E-state index in [2.05, 4.69) is 67.5 Å². The van der Waals surface area contributed by atoms with Crippen LogP contribution in [0.1, 0.15) is 56.7 Å². The second-order valence-electron chi connectivity index (χ2n) is 18.2. The Hall–Kier alpha value is -6.86. The van der Waals surface area contributed by atoms with Crippen LogP contribution < -0.4 is 54.4 Å². The molecule has 9 atom stereocenters.